The molecule has 12 heteroatoms. The van der Waals surface area contributed by atoms with Crippen molar-refractivity contribution in [1.82, 2.24) is 21.3 Å². The monoisotopic (exact) mass is 548 g/mol. The van der Waals surface area contributed by atoms with Crippen molar-refractivity contribution >= 4 is 54.9 Å². The second-order valence-corrected chi connectivity index (χ2v) is 9.79. The predicted molar refractivity (Wildman–Crippen MR) is 143 cm³/mol. The maximum Gasteiger partial charge on any atom is 0.326 e. The van der Waals surface area contributed by atoms with Gasteiger partial charge in [-0.25, -0.2) is 0 Å². The van der Waals surface area contributed by atoms with Gasteiger partial charge in [0.15, 0.2) is 0 Å². The lowest BCUT2D eigenvalue weighted by molar-refractivity contribution is -0.148. The van der Waals surface area contributed by atoms with E-state index in [1.165, 1.54) is 0 Å². The Hall–Kier alpha value is -2.99. The van der Waals surface area contributed by atoms with Crippen molar-refractivity contribution in [3.63, 3.8) is 0 Å². The Balaban J connectivity index is 1.86. The highest BCUT2D eigenvalue weighted by atomic mass is 32.1. The summed E-state index contributed by atoms with van der Waals surface area (Å²) in [5.74, 6) is -2.38. The van der Waals surface area contributed by atoms with Crippen LogP contribution in [-0.4, -0.2) is 71.4 Å². The summed E-state index contributed by atoms with van der Waals surface area (Å²) in [6.07, 6.45) is 3.76. The number of nitrogens with one attached hydrogen (secondary N) is 4. The molecule has 2 fully saturated rings. The molecule has 1 aromatic rings. The molecule has 1 spiro atoms. The SMILES string of the molecule is O=C1C[C@@H](/C=C/CCS)OC(=O)CNC(=O)C2(CC2)NC(=O)[C@@H](CS)NC(=O)[C@@H](Cc2ccccc2)N1. The molecule has 1 saturated carbocycles. The fourth-order valence-electron chi connectivity index (χ4n) is 3.82. The van der Waals surface area contributed by atoms with Gasteiger partial charge in [-0.3, -0.25) is 24.0 Å². The number of carbonyl (C=O) groups excluding carboxylic acids is 5. The van der Waals surface area contributed by atoms with Gasteiger partial charge in [0.25, 0.3) is 0 Å². The molecule has 10 nitrogen and oxygen atoms in total. The Morgan fingerprint density at radius 2 is 1.70 bits per heavy atom. The first-order valence-corrected chi connectivity index (χ1v) is 13.3. The van der Waals surface area contributed by atoms with Crippen LogP contribution >= 0.6 is 25.3 Å². The first-order valence-electron chi connectivity index (χ1n) is 12.1. The summed E-state index contributed by atoms with van der Waals surface area (Å²) in [4.78, 5) is 64.2. The summed E-state index contributed by atoms with van der Waals surface area (Å²) < 4.78 is 5.42. The molecule has 0 radical (unpaired) electrons. The van der Waals surface area contributed by atoms with E-state index in [4.69, 9.17) is 4.74 Å². The molecule has 37 heavy (non-hydrogen) atoms. The van der Waals surface area contributed by atoms with E-state index in [2.05, 4.69) is 46.5 Å². The Morgan fingerprint density at radius 3 is 2.35 bits per heavy atom. The number of allylic oxidation sites excluding steroid dienone is 1. The van der Waals surface area contributed by atoms with Gasteiger partial charge in [0, 0.05) is 12.2 Å². The molecular weight excluding hydrogens is 516 g/mol. The highest BCUT2D eigenvalue weighted by Gasteiger charge is 2.52. The summed E-state index contributed by atoms with van der Waals surface area (Å²) >= 11 is 8.35. The van der Waals surface area contributed by atoms with Gasteiger partial charge in [-0.2, -0.15) is 25.3 Å². The van der Waals surface area contributed by atoms with E-state index in [-0.39, 0.29) is 18.6 Å². The first kappa shape index (κ1) is 28.6. The quantitative estimate of drug-likeness (QED) is 0.169. The largest absolute Gasteiger partial charge is 0.456 e. The molecule has 1 saturated heterocycles. The summed E-state index contributed by atoms with van der Waals surface area (Å²) in [7, 11) is 0. The van der Waals surface area contributed by atoms with E-state index in [0.717, 1.165) is 5.56 Å². The summed E-state index contributed by atoms with van der Waals surface area (Å²) in [5, 5.41) is 10.5. The first-order chi connectivity index (χ1) is 17.8. The minimum Gasteiger partial charge on any atom is -0.456 e. The molecule has 1 aromatic carbocycles. The van der Waals surface area contributed by atoms with Crippen LogP contribution in [0.4, 0.5) is 0 Å². The molecule has 4 amide bonds. The van der Waals surface area contributed by atoms with Gasteiger partial charge in [-0.1, -0.05) is 36.4 Å². The molecule has 1 aliphatic carbocycles. The normalized spacial score (nSPS) is 25.1. The molecule has 3 atom stereocenters. The number of thiol groups is 2. The number of esters is 1. The zero-order valence-corrected chi connectivity index (χ0v) is 22.1. The standard InChI is InChI=1S/C25H32N4O6S2/c30-20-13-17(8-4-5-11-36)35-21(31)14-26-24(34)25(9-10-25)29-23(33)19(15-37)28-22(32)18(27-20)12-16-6-2-1-3-7-16/h1-4,6-8,17-19,36-37H,5,9-15H2,(H,26,34)(H,27,30)(H,28,32)(H,29,33)/b8-4+/t17-,18-,19-/m1/s1. The van der Waals surface area contributed by atoms with E-state index in [1.807, 2.05) is 30.3 Å². The van der Waals surface area contributed by atoms with Gasteiger partial charge < -0.3 is 26.0 Å². The third-order valence-electron chi connectivity index (χ3n) is 6.01. The van der Waals surface area contributed by atoms with Crippen molar-refractivity contribution in [3.8, 4) is 0 Å². The average molecular weight is 549 g/mol. The van der Waals surface area contributed by atoms with Crippen LogP contribution in [0.2, 0.25) is 0 Å². The van der Waals surface area contributed by atoms with E-state index in [0.29, 0.717) is 25.0 Å². The van der Waals surface area contributed by atoms with Crippen LogP contribution in [0, 0.1) is 0 Å². The lowest BCUT2D eigenvalue weighted by atomic mass is 10.0. The number of amides is 4. The van der Waals surface area contributed by atoms with Gasteiger partial charge in [-0.05, 0) is 36.7 Å². The second-order valence-electron chi connectivity index (χ2n) is 8.98. The van der Waals surface area contributed by atoms with Crippen molar-refractivity contribution in [3.05, 3.63) is 48.0 Å². The number of cyclic esters (lactones) is 1. The topological polar surface area (TPSA) is 143 Å². The van der Waals surface area contributed by atoms with Crippen LogP contribution < -0.4 is 21.3 Å². The maximum absolute atomic E-state index is 13.2. The van der Waals surface area contributed by atoms with Crippen LogP contribution in [0.5, 0.6) is 0 Å². The van der Waals surface area contributed by atoms with Crippen molar-refractivity contribution in [1.29, 1.82) is 0 Å². The van der Waals surface area contributed by atoms with E-state index >= 15 is 0 Å². The smallest absolute Gasteiger partial charge is 0.326 e. The molecule has 3 rings (SSSR count). The number of benzene rings is 1. The Morgan fingerprint density at radius 1 is 0.973 bits per heavy atom. The average Bonchev–Trinajstić information content (AvgIpc) is 3.65. The van der Waals surface area contributed by atoms with Crippen molar-refractivity contribution in [2.45, 2.75) is 55.8 Å². The van der Waals surface area contributed by atoms with Gasteiger partial charge in [0.2, 0.25) is 23.6 Å². The molecule has 0 unspecified atom stereocenters. The summed E-state index contributed by atoms with van der Waals surface area (Å²) in [6, 6.07) is 7.07. The van der Waals surface area contributed by atoms with E-state index in [9.17, 15) is 24.0 Å². The van der Waals surface area contributed by atoms with Gasteiger partial charge >= 0.3 is 5.97 Å². The molecule has 1 heterocycles. The van der Waals surface area contributed by atoms with Crippen LogP contribution in [0.3, 0.4) is 0 Å². The number of hydrogen-bond donors (Lipinski definition) is 6. The van der Waals surface area contributed by atoms with Crippen LogP contribution in [0.15, 0.2) is 42.5 Å². The molecule has 0 bridgehead atoms. The van der Waals surface area contributed by atoms with Gasteiger partial charge in [0.1, 0.15) is 30.3 Å². The number of hydrogen-bond acceptors (Lipinski definition) is 8. The highest BCUT2D eigenvalue weighted by Crippen LogP contribution is 2.35. The molecule has 0 aromatic heterocycles. The predicted octanol–water partition coefficient (Wildman–Crippen LogP) is 0.0851. The third kappa shape index (κ3) is 8.53. The Bertz CT molecular complexity index is 1030. The minimum atomic E-state index is -1.15. The highest BCUT2D eigenvalue weighted by molar-refractivity contribution is 7.80. The third-order valence-corrected chi connectivity index (χ3v) is 6.63. The summed E-state index contributed by atoms with van der Waals surface area (Å²) in [5.41, 5.74) is -0.348. The van der Waals surface area contributed by atoms with Crippen molar-refractivity contribution in [2.75, 3.05) is 18.1 Å². The fraction of sp³-hybridized carbons (Fsp3) is 0.480. The molecular formula is C25H32N4O6S2. The van der Waals surface area contributed by atoms with Crippen molar-refractivity contribution in [2.24, 2.45) is 0 Å². The zero-order chi connectivity index (χ0) is 26.8. The lowest BCUT2D eigenvalue weighted by Crippen LogP contribution is -2.59. The minimum absolute atomic E-state index is 0.0222. The molecule has 1 aliphatic heterocycles. The summed E-state index contributed by atoms with van der Waals surface area (Å²) in [6.45, 7) is -0.418. The zero-order valence-electron chi connectivity index (χ0n) is 20.3. The Labute approximate surface area is 226 Å². The Kier molecular flexibility index (Phi) is 10.4. The number of ether oxygens (including phenoxy) is 1. The molecule has 4 N–H and O–H groups in total. The number of carbonyl (C=O) groups is 5. The van der Waals surface area contributed by atoms with E-state index < -0.39 is 59.9 Å². The second kappa shape index (κ2) is 13.5. The van der Waals surface area contributed by atoms with Crippen LogP contribution in [0.1, 0.15) is 31.2 Å². The van der Waals surface area contributed by atoms with Gasteiger partial charge in [0.05, 0.1) is 6.42 Å². The van der Waals surface area contributed by atoms with Crippen molar-refractivity contribution < 1.29 is 28.7 Å². The number of rotatable bonds is 6. The van der Waals surface area contributed by atoms with E-state index in [1.54, 1.807) is 12.2 Å². The maximum atomic E-state index is 13.2. The molecule has 200 valence electrons. The van der Waals surface area contributed by atoms with Crippen LogP contribution in [-0.2, 0) is 35.1 Å². The van der Waals surface area contributed by atoms with Crippen LogP contribution in [0.25, 0.3) is 0 Å². The lowest BCUT2D eigenvalue weighted by Gasteiger charge is -2.25. The van der Waals surface area contributed by atoms with Gasteiger partial charge in [-0.15, -0.1) is 0 Å². The fourth-order valence-corrected chi connectivity index (χ4v) is 4.23. The molecule has 2 aliphatic rings.